The smallest absolute Gasteiger partial charge is 0.343 e. The summed E-state index contributed by atoms with van der Waals surface area (Å²) in [6.45, 7) is 11.7. The molecule has 1 aromatic rings. The van der Waals surface area contributed by atoms with Crippen molar-refractivity contribution in [1.82, 2.24) is 25.3 Å². The van der Waals surface area contributed by atoms with Crippen LogP contribution in [0.25, 0.3) is 6.08 Å². The van der Waals surface area contributed by atoms with Gasteiger partial charge in [-0.25, -0.2) is 4.79 Å². The van der Waals surface area contributed by atoms with E-state index in [0.29, 0.717) is 30.6 Å². The van der Waals surface area contributed by atoms with E-state index in [0.717, 1.165) is 49.9 Å². The van der Waals surface area contributed by atoms with Crippen LogP contribution in [0.2, 0.25) is 0 Å². The zero-order chi connectivity index (χ0) is 27.4. The van der Waals surface area contributed by atoms with Gasteiger partial charge in [0.05, 0.1) is 30.7 Å². The number of ether oxygens (including phenoxy) is 1. The Bertz CT molecular complexity index is 1150. The Labute approximate surface area is 224 Å². The lowest BCUT2D eigenvalue weighted by Crippen LogP contribution is -2.63. The number of nitrogens with zero attached hydrogens (tertiary/aromatic N) is 3. The summed E-state index contributed by atoms with van der Waals surface area (Å²) in [5.41, 5.74) is 1.87. The fraction of sp³-hybridized carbons (Fsp3) is 0.643. The van der Waals surface area contributed by atoms with Gasteiger partial charge in [0, 0.05) is 31.1 Å². The highest BCUT2D eigenvalue weighted by atomic mass is 16.5. The minimum Gasteiger partial charge on any atom is -0.466 e. The van der Waals surface area contributed by atoms with Gasteiger partial charge in [-0.1, -0.05) is 11.5 Å². The normalized spacial score (nSPS) is 21.6. The molecular weight excluding hydrogens is 484 g/mol. The maximum Gasteiger partial charge on any atom is 0.343 e. The average molecular weight is 525 g/mol. The molecule has 0 radical (unpaired) electrons. The van der Waals surface area contributed by atoms with E-state index in [-0.39, 0.29) is 36.4 Å². The second kappa shape index (κ2) is 11.6. The summed E-state index contributed by atoms with van der Waals surface area (Å²) in [4.78, 5) is 40.0. The van der Waals surface area contributed by atoms with Crippen LogP contribution in [0.4, 0.5) is 10.6 Å². The number of hydrogen-bond donors (Lipinski definition) is 3. The van der Waals surface area contributed by atoms with E-state index in [1.54, 1.807) is 0 Å². The van der Waals surface area contributed by atoms with Crippen molar-refractivity contribution < 1.29 is 19.1 Å². The number of nitrogens with one attached hydrogen (secondary N) is 3. The van der Waals surface area contributed by atoms with Crippen molar-refractivity contribution in [3.8, 4) is 11.8 Å². The summed E-state index contributed by atoms with van der Waals surface area (Å²) < 4.78 is 6.45. The highest BCUT2D eigenvalue weighted by Crippen LogP contribution is 2.31. The van der Waals surface area contributed by atoms with E-state index in [2.05, 4.69) is 37.8 Å². The molecule has 1 saturated heterocycles. The van der Waals surface area contributed by atoms with Crippen molar-refractivity contribution in [3.05, 3.63) is 16.8 Å². The predicted octanol–water partition coefficient (Wildman–Crippen LogP) is 2.73. The molecule has 2 amide bonds. The van der Waals surface area contributed by atoms with Gasteiger partial charge in [-0.3, -0.25) is 14.5 Å². The molecule has 0 bridgehead atoms. The minimum absolute atomic E-state index is 0.0247. The van der Waals surface area contributed by atoms with Gasteiger partial charge in [-0.05, 0) is 72.3 Å². The molecule has 206 valence electrons. The Morgan fingerprint density at radius 3 is 2.53 bits per heavy atom. The van der Waals surface area contributed by atoms with Crippen LogP contribution in [0.5, 0.6) is 0 Å². The van der Waals surface area contributed by atoms with Crippen molar-refractivity contribution >= 4 is 29.8 Å². The molecule has 1 aromatic heterocycles. The molecule has 0 aromatic carbocycles. The van der Waals surface area contributed by atoms with Crippen LogP contribution < -0.4 is 16.0 Å². The van der Waals surface area contributed by atoms with E-state index >= 15 is 0 Å². The number of anilines is 1. The van der Waals surface area contributed by atoms with Crippen molar-refractivity contribution in [2.75, 3.05) is 31.6 Å². The van der Waals surface area contributed by atoms with E-state index in [1.807, 2.05) is 40.7 Å². The molecule has 10 nitrogen and oxygen atoms in total. The molecule has 3 aliphatic rings. The molecule has 0 spiro atoms. The lowest BCUT2D eigenvalue weighted by Gasteiger charge is -2.46. The van der Waals surface area contributed by atoms with E-state index < -0.39 is 5.54 Å². The van der Waals surface area contributed by atoms with E-state index in [4.69, 9.17) is 4.74 Å². The zero-order valence-corrected chi connectivity index (χ0v) is 23.1. The van der Waals surface area contributed by atoms with Gasteiger partial charge in [-0.2, -0.15) is 4.68 Å². The average Bonchev–Trinajstić information content (AvgIpc) is 3.04. The number of amides is 2. The monoisotopic (exact) mass is 524 g/mol. The maximum atomic E-state index is 12.9. The predicted molar refractivity (Wildman–Crippen MR) is 145 cm³/mol. The number of carbonyl (C=O) groups is 3. The Balaban J connectivity index is 1.29. The van der Waals surface area contributed by atoms with Gasteiger partial charge in [0.15, 0.2) is 5.82 Å². The van der Waals surface area contributed by atoms with Crippen LogP contribution in [0.3, 0.4) is 0 Å². The third-order valence-corrected chi connectivity index (χ3v) is 7.09. The number of likely N-dealkylation sites (tertiary alicyclic amines) is 1. The first-order valence-corrected chi connectivity index (χ1v) is 13.6. The van der Waals surface area contributed by atoms with Crippen LogP contribution in [0.1, 0.15) is 78.0 Å². The number of aromatic nitrogens is 2. The highest BCUT2D eigenvalue weighted by Gasteiger charge is 2.36. The van der Waals surface area contributed by atoms with Crippen molar-refractivity contribution in [1.29, 1.82) is 0 Å². The van der Waals surface area contributed by atoms with Crippen LogP contribution in [-0.4, -0.2) is 76.5 Å². The molecule has 4 rings (SSSR count). The number of carbonyl (C=O) groups excluding carboxylic acids is 3. The first kappa shape index (κ1) is 27.7. The molecule has 2 heterocycles. The summed E-state index contributed by atoms with van der Waals surface area (Å²) in [7, 11) is 0. The molecule has 2 fully saturated rings. The van der Waals surface area contributed by atoms with Crippen LogP contribution in [0.15, 0.2) is 5.57 Å². The molecule has 1 saturated carbocycles. The second-order valence-electron chi connectivity index (χ2n) is 11.5. The molecule has 0 unspecified atom stereocenters. The third-order valence-electron chi connectivity index (χ3n) is 7.09. The number of rotatable bonds is 7. The SMILES string of the molecule is CCOC(=O)C1CCC(N2CC(NC(=O)CNc3nn(C(=O)NC(C)(C)C)c4c3C=C(C)CC#C4)C2)CC1. The van der Waals surface area contributed by atoms with Gasteiger partial charge in [0.25, 0.3) is 0 Å². The maximum absolute atomic E-state index is 12.9. The topological polar surface area (TPSA) is 118 Å². The molecular formula is C28H40N6O4. The van der Waals surface area contributed by atoms with Gasteiger partial charge in [0.1, 0.15) is 5.69 Å². The largest absolute Gasteiger partial charge is 0.466 e. The molecule has 38 heavy (non-hydrogen) atoms. The summed E-state index contributed by atoms with van der Waals surface area (Å²) >= 11 is 0. The van der Waals surface area contributed by atoms with Crippen LogP contribution in [-0.2, 0) is 14.3 Å². The standard InChI is InChI=1S/C28H40N6O4/c1-6-38-26(36)19-10-12-21(13-11-19)33-16-20(17-33)30-24(35)15-29-25-22-14-18(2)8-7-9-23(22)34(32-25)27(37)31-28(3,4)5/h14,19-21H,6,8,10-13,15-17H2,1-5H3,(H,29,32)(H,30,35)(H,31,37). The van der Waals surface area contributed by atoms with Gasteiger partial charge < -0.3 is 20.7 Å². The highest BCUT2D eigenvalue weighted by molar-refractivity contribution is 5.85. The third kappa shape index (κ3) is 6.76. The lowest BCUT2D eigenvalue weighted by atomic mass is 9.84. The first-order valence-electron chi connectivity index (χ1n) is 13.6. The fourth-order valence-corrected chi connectivity index (χ4v) is 5.18. The van der Waals surface area contributed by atoms with Gasteiger partial charge >= 0.3 is 12.0 Å². The lowest BCUT2D eigenvalue weighted by molar-refractivity contribution is -0.149. The van der Waals surface area contributed by atoms with Gasteiger partial charge in [0.2, 0.25) is 5.91 Å². The zero-order valence-electron chi connectivity index (χ0n) is 23.1. The summed E-state index contributed by atoms with van der Waals surface area (Å²) in [6.07, 6.45) is 6.26. The molecule has 2 aliphatic carbocycles. The minimum atomic E-state index is -0.426. The quantitative estimate of drug-likeness (QED) is 0.371. The summed E-state index contributed by atoms with van der Waals surface area (Å²) in [5.74, 6) is 6.44. The summed E-state index contributed by atoms with van der Waals surface area (Å²) in [5, 5.41) is 13.6. The number of fused-ring (bicyclic) bond motifs is 1. The fourth-order valence-electron chi connectivity index (χ4n) is 5.18. The first-order chi connectivity index (χ1) is 18.0. The molecule has 0 atom stereocenters. The van der Waals surface area contributed by atoms with E-state index in [9.17, 15) is 14.4 Å². The van der Waals surface area contributed by atoms with Gasteiger partial charge in [-0.15, -0.1) is 5.10 Å². The second-order valence-corrected chi connectivity index (χ2v) is 11.5. The van der Waals surface area contributed by atoms with Crippen LogP contribution >= 0.6 is 0 Å². The Kier molecular flexibility index (Phi) is 8.46. The van der Waals surface area contributed by atoms with Crippen molar-refractivity contribution in [2.24, 2.45) is 5.92 Å². The Hall–Kier alpha value is -3.32. The molecule has 1 aliphatic heterocycles. The van der Waals surface area contributed by atoms with Crippen LogP contribution in [0, 0.1) is 17.8 Å². The number of allylic oxidation sites excluding steroid dienone is 1. The number of hydrogen-bond acceptors (Lipinski definition) is 7. The Morgan fingerprint density at radius 2 is 1.87 bits per heavy atom. The Morgan fingerprint density at radius 1 is 1.16 bits per heavy atom. The molecule has 3 N–H and O–H groups in total. The number of esters is 1. The van der Waals surface area contributed by atoms with E-state index in [1.165, 1.54) is 4.68 Å². The summed E-state index contributed by atoms with van der Waals surface area (Å²) in [6, 6.07) is 0.202. The van der Waals surface area contributed by atoms with Crippen molar-refractivity contribution in [2.45, 2.75) is 84.3 Å². The molecule has 10 heteroatoms. The van der Waals surface area contributed by atoms with Crippen molar-refractivity contribution in [3.63, 3.8) is 0 Å².